The second-order valence-electron chi connectivity index (χ2n) is 6.84. The standard InChI is InChI=1S/C26H16F2/c27-23-15-14-18(16-24(23)28)26-21-12-6-4-10-19(21)25(17-8-2-1-3-9-17)20-11-5-7-13-22(20)26/h1-16H. The molecule has 0 heterocycles. The van der Waals surface area contributed by atoms with Crippen molar-refractivity contribution in [2.75, 3.05) is 0 Å². The van der Waals surface area contributed by atoms with E-state index in [9.17, 15) is 8.78 Å². The molecule has 5 aromatic rings. The Morgan fingerprint density at radius 1 is 0.393 bits per heavy atom. The van der Waals surface area contributed by atoms with Crippen LogP contribution in [0.5, 0.6) is 0 Å². The molecule has 5 rings (SSSR count). The van der Waals surface area contributed by atoms with Crippen LogP contribution in [-0.2, 0) is 0 Å². The van der Waals surface area contributed by atoms with Crippen LogP contribution in [0.15, 0.2) is 97.1 Å². The molecule has 0 saturated heterocycles. The van der Waals surface area contributed by atoms with E-state index in [0.717, 1.165) is 38.2 Å². The fourth-order valence-corrected chi connectivity index (χ4v) is 4.01. The third kappa shape index (κ3) is 2.57. The molecule has 0 aliphatic carbocycles. The van der Waals surface area contributed by atoms with Crippen molar-refractivity contribution in [2.45, 2.75) is 0 Å². The highest BCUT2D eigenvalue weighted by molar-refractivity contribution is 6.21. The molecule has 0 saturated carbocycles. The van der Waals surface area contributed by atoms with Gasteiger partial charge in [-0.1, -0.05) is 84.9 Å². The predicted octanol–water partition coefficient (Wildman–Crippen LogP) is 7.61. The quantitative estimate of drug-likeness (QED) is 0.282. The van der Waals surface area contributed by atoms with Crippen molar-refractivity contribution in [1.29, 1.82) is 0 Å². The fourth-order valence-electron chi connectivity index (χ4n) is 4.01. The smallest absolute Gasteiger partial charge is 0.159 e. The van der Waals surface area contributed by atoms with Gasteiger partial charge in [0.2, 0.25) is 0 Å². The van der Waals surface area contributed by atoms with Crippen molar-refractivity contribution in [3.05, 3.63) is 109 Å². The van der Waals surface area contributed by atoms with Gasteiger partial charge in [-0.25, -0.2) is 8.78 Å². The molecule has 0 spiro atoms. The van der Waals surface area contributed by atoms with Crippen LogP contribution in [0.2, 0.25) is 0 Å². The van der Waals surface area contributed by atoms with E-state index < -0.39 is 11.6 Å². The van der Waals surface area contributed by atoms with Crippen molar-refractivity contribution >= 4 is 21.5 Å². The van der Waals surface area contributed by atoms with Crippen LogP contribution in [0.1, 0.15) is 0 Å². The maximum Gasteiger partial charge on any atom is 0.159 e. The summed E-state index contributed by atoms with van der Waals surface area (Å²) in [5.74, 6) is -1.67. The second kappa shape index (κ2) is 6.58. The summed E-state index contributed by atoms with van der Waals surface area (Å²) >= 11 is 0. The molecule has 134 valence electrons. The summed E-state index contributed by atoms with van der Waals surface area (Å²) in [6, 6.07) is 30.7. The van der Waals surface area contributed by atoms with Crippen molar-refractivity contribution in [3.8, 4) is 22.3 Å². The lowest BCUT2D eigenvalue weighted by Crippen LogP contribution is -1.92. The van der Waals surface area contributed by atoms with E-state index in [1.807, 2.05) is 54.6 Å². The Kier molecular flexibility index (Phi) is 3.91. The Labute approximate surface area is 161 Å². The molecule has 0 N–H and O–H groups in total. The molecule has 0 atom stereocenters. The van der Waals surface area contributed by atoms with E-state index in [-0.39, 0.29) is 0 Å². The van der Waals surface area contributed by atoms with E-state index >= 15 is 0 Å². The first-order chi connectivity index (χ1) is 13.7. The summed E-state index contributed by atoms with van der Waals surface area (Å²) < 4.78 is 27.6. The summed E-state index contributed by atoms with van der Waals surface area (Å²) in [7, 11) is 0. The molecule has 0 aromatic heterocycles. The van der Waals surface area contributed by atoms with Gasteiger partial charge in [0.1, 0.15) is 0 Å². The van der Waals surface area contributed by atoms with Crippen LogP contribution in [-0.4, -0.2) is 0 Å². The Morgan fingerprint density at radius 2 is 0.857 bits per heavy atom. The van der Waals surface area contributed by atoms with Gasteiger partial charge in [0, 0.05) is 0 Å². The molecule has 5 aromatic carbocycles. The Morgan fingerprint density at radius 3 is 1.36 bits per heavy atom. The van der Waals surface area contributed by atoms with Crippen molar-refractivity contribution in [1.82, 2.24) is 0 Å². The van der Waals surface area contributed by atoms with Gasteiger partial charge >= 0.3 is 0 Å². The van der Waals surface area contributed by atoms with Crippen LogP contribution < -0.4 is 0 Å². The summed E-state index contributed by atoms with van der Waals surface area (Å²) in [6.45, 7) is 0. The summed E-state index contributed by atoms with van der Waals surface area (Å²) in [6.07, 6.45) is 0. The minimum Gasteiger partial charge on any atom is -0.204 e. The summed E-state index contributed by atoms with van der Waals surface area (Å²) in [5, 5.41) is 4.22. The molecule has 28 heavy (non-hydrogen) atoms. The minimum absolute atomic E-state index is 0.672. The van der Waals surface area contributed by atoms with Crippen LogP contribution in [0.3, 0.4) is 0 Å². The lowest BCUT2D eigenvalue weighted by molar-refractivity contribution is 0.509. The van der Waals surface area contributed by atoms with Gasteiger partial charge in [-0.2, -0.15) is 0 Å². The first-order valence-corrected chi connectivity index (χ1v) is 9.18. The third-order valence-corrected chi connectivity index (χ3v) is 5.20. The lowest BCUT2D eigenvalue weighted by atomic mass is 9.86. The van der Waals surface area contributed by atoms with Crippen LogP contribution in [0.25, 0.3) is 43.8 Å². The van der Waals surface area contributed by atoms with Crippen LogP contribution in [0, 0.1) is 11.6 Å². The van der Waals surface area contributed by atoms with E-state index in [0.29, 0.717) is 5.56 Å². The molecular formula is C26H16F2. The monoisotopic (exact) mass is 366 g/mol. The van der Waals surface area contributed by atoms with E-state index in [2.05, 4.69) is 24.3 Å². The molecule has 0 fully saturated rings. The number of fused-ring (bicyclic) bond motifs is 2. The normalized spacial score (nSPS) is 11.2. The highest BCUT2D eigenvalue weighted by Crippen LogP contribution is 2.43. The Hall–Kier alpha value is -3.52. The zero-order valence-electron chi connectivity index (χ0n) is 15.0. The van der Waals surface area contributed by atoms with Gasteiger partial charge in [-0.05, 0) is 55.9 Å². The van der Waals surface area contributed by atoms with Gasteiger partial charge in [0.15, 0.2) is 11.6 Å². The first kappa shape index (κ1) is 16.6. The van der Waals surface area contributed by atoms with E-state index in [1.165, 1.54) is 12.1 Å². The lowest BCUT2D eigenvalue weighted by Gasteiger charge is -2.17. The molecule has 0 aliphatic rings. The van der Waals surface area contributed by atoms with Gasteiger partial charge < -0.3 is 0 Å². The van der Waals surface area contributed by atoms with E-state index in [4.69, 9.17) is 0 Å². The minimum atomic E-state index is -0.835. The van der Waals surface area contributed by atoms with Crippen LogP contribution in [0.4, 0.5) is 8.78 Å². The average molecular weight is 366 g/mol. The molecule has 2 heteroatoms. The van der Waals surface area contributed by atoms with Crippen LogP contribution >= 0.6 is 0 Å². The second-order valence-corrected chi connectivity index (χ2v) is 6.84. The number of hydrogen-bond donors (Lipinski definition) is 0. The largest absolute Gasteiger partial charge is 0.204 e. The van der Waals surface area contributed by atoms with E-state index in [1.54, 1.807) is 6.07 Å². The Bertz CT molecular complexity index is 1260. The molecular weight excluding hydrogens is 350 g/mol. The van der Waals surface area contributed by atoms with Crippen molar-refractivity contribution in [2.24, 2.45) is 0 Å². The first-order valence-electron chi connectivity index (χ1n) is 9.18. The summed E-state index contributed by atoms with van der Waals surface area (Å²) in [4.78, 5) is 0. The van der Waals surface area contributed by atoms with Gasteiger partial charge in [0.05, 0.1) is 0 Å². The fraction of sp³-hybridized carbons (Fsp3) is 0. The highest BCUT2D eigenvalue weighted by Gasteiger charge is 2.16. The maximum absolute atomic E-state index is 14.0. The van der Waals surface area contributed by atoms with Gasteiger partial charge in [0.25, 0.3) is 0 Å². The molecule has 0 radical (unpaired) electrons. The molecule has 0 amide bonds. The Balaban J connectivity index is 1.99. The predicted molar refractivity (Wildman–Crippen MR) is 112 cm³/mol. The highest BCUT2D eigenvalue weighted by atomic mass is 19.2. The zero-order chi connectivity index (χ0) is 19.1. The van der Waals surface area contributed by atoms with Gasteiger partial charge in [-0.15, -0.1) is 0 Å². The third-order valence-electron chi connectivity index (χ3n) is 5.20. The number of benzene rings is 5. The molecule has 0 bridgehead atoms. The SMILES string of the molecule is Fc1ccc(-c2c3ccccc3c(-c3ccccc3)c3ccccc23)cc1F. The number of rotatable bonds is 2. The zero-order valence-corrected chi connectivity index (χ0v) is 15.0. The molecule has 0 unspecified atom stereocenters. The number of hydrogen-bond acceptors (Lipinski definition) is 0. The summed E-state index contributed by atoms with van der Waals surface area (Å²) in [5.41, 5.74) is 3.88. The number of halogens is 2. The molecule has 0 aliphatic heterocycles. The van der Waals surface area contributed by atoms with Crippen molar-refractivity contribution < 1.29 is 8.78 Å². The topological polar surface area (TPSA) is 0 Å². The maximum atomic E-state index is 14.0. The average Bonchev–Trinajstić information content (AvgIpc) is 2.74. The van der Waals surface area contributed by atoms with Crippen molar-refractivity contribution in [3.63, 3.8) is 0 Å². The van der Waals surface area contributed by atoms with Gasteiger partial charge in [-0.3, -0.25) is 0 Å². The molecule has 0 nitrogen and oxygen atoms in total.